The molecule has 0 amide bonds. The first-order chi connectivity index (χ1) is 6.20. The topological polar surface area (TPSA) is 12.0 Å². The van der Waals surface area contributed by atoms with Crippen LogP contribution in [0.5, 0.6) is 0 Å². The average Bonchev–Trinajstić information content (AvgIpc) is 2.08. The second-order valence-electron chi connectivity index (χ2n) is 3.00. The maximum absolute atomic E-state index is 5.81. The van der Waals surface area contributed by atoms with E-state index in [1.807, 2.05) is 25.1 Å². The molecule has 0 spiro atoms. The zero-order valence-electron chi connectivity index (χ0n) is 7.56. The molecule has 0 radical (unpaired) electrons. The van der Waals surface area contributed by atoms with Gasteiger partial charge in [0, 0.05) is 22.9 Å². The van der Waals surface area contributed by atoms with Gasteiger partial charge in [0.1, 0.15) is 0 Å². The molecule has 1 nitrogen and oxygen atoms in total. The molecule has 1 aromatic carbocycles. The molecular weight excluding hydrogens is 249 g/mol. The molecule has 0 aromatic heterocycles. The van der Waals surface area contributed by atoms with Crippen LogP contribution in [0.15, 0.2) is 28.7 Å². The van der Waals surface area contributed by atoms with Crippen LogP contribution in [0.4, 0.5) is 0 Å². The smallest absolute Gasteiger partial charge is 0.0432 e. The lowest BCUT2D eigenvalue weighted by Crippen LogP contribution is -2.20. The van der Waals surface area contributed by atoms with E-state index in [2.05, 4.69) is 27.3 Å². The van der Waals surface area contributed by atoms with E-state index in [0.717, 1.165) is 17.6 Å². The average molecular weight is 263 g/mol. The standard InChI is InChI=1S/C10H13BrClN/c1-8(12)6-13-7-9-4-2-3-5-10(9)11/h2-5,8,13H,6-7H2,1H3. The second-order valence-corrected chi connectivity index (χ2v) is 4.60. The molecule has 72 valence electrons. The third-order valence-electron chi connectivity index (χ3n) is 1.70. The monoisotopic (exact) mass is 261 g/mol. The van der Waals surface area contributed by atoms with Crippen molar-refractivity contribution in [3.05, 3.63) is 34.3 Å². The molecule has 0 fully saturated rings. The summed E-state index contributed by atoms with van der Waals surface area (Å²) in [6.07, 6.45) is 0. The minimum atomic E-state index is 0.183. The fraction of sp³-hybridized carbons (Fsp3) is 0.400. The van der Waals surface area contributed by atoms with E-state index in [1.165, 1.54) is 5.56 Å². The number of hydrogen-bond acceptors (Lipinski definition) is 1. The lowest BCUT2D eigenvalue weighted by atomic mass is 10.2. The van der Waals surface area contributed by atoms with Crippen molar-refractivity contribution in [3.63, 3.8) is 0 Å². The van der Waals surface area contributed by atoms with Crippen molar-refractivity contribution in [2.24, 2.45) is 0 Å². The molecule has 1 N–H and O–H groups in total. The third-order valence-corrected chi connectivity index (χ3v) is 2.63. The van der Waals surface area contributed by atoms with Crippen LogP contribution >= 0.6 is 27.5 Å². The molecule has 1 atom stereocenters. The molecule has 0 aliphatic heterocycles. The first-order valence-electron chi connectivity index (χ1n) is 4.28. The Bertz CT molecular complexity index is 263. The van der Waals surface area contributed by atoms with Crippen LogP contribution < -0.4 is 5.32 Å². The van der Waals surface area contributed by atoms with Gasteiger partial charge in [-0.25, -0.2) is 0 Å². The minimum absolute atomic E-state index is 0.183. The van der Waals surface area contributed by atoms with Gasteiger partial charge in [0.15, 0.2) is 0 Å². The maximum atomic E-state index is 5.81. The lowest BCUT2D eigenvalue weighted by Gasteiger charge is -2.07. The Morgan fingerprint density at radius 2 is 2.15 bits per heavy atom. The Kier molecular flexibility index (Phi) is 4.78. The van der Waals surface area contributed by atoms with Crippen molar-refractivity contribution in [2.75, 3.05) is 6.54 Å². The number of hydrogen-bond donors (Lipinski definition) is 1. The summed E-state index contributed by atoms with van der Waals surface area (Å²) in [6.45, 7) is 3.68. The molecule has 3 heteroatoms. The zero-order chi connectivity index (χ0) is 9.68. The highest BCUT2D eigenvalue weighted by atomic mass is 79.9. The second kappa shape index (κ2) is 5.63. The Labute approximate surface area is 92.6 Å². The molecular formula is C10H13BrClN. The molecule has 1 aromatic rings. The molecule has 0 saturated carbocycles. The summed E-state index contributed by atoms with van der Waals surface area (Å²) in [7, 11) is 0. The van der Waals surface area contributed by atoms with Gasteiger partial charge in [0.25, 0.3) is 0 Å². The van der Waals surface area contributed by atoms with Crippen molar-refractivity contribution < 1.29 is 0 Å². The molecule has 0 aliphatic carbocycles. The van der Waals surface area contributed by atoms with Gasteiger partial charge in [0.05, 0.1) is 0 Å². The molecule has 13 heavy (non-hydrogen) atoms. The Balaban J connectivity index is 2.41. The van der Waals surface area contributed by atoms with E-state index in [4.69, 9.17) is 11.6 Å². The van der Waals surface area contributed by atoms with E-state index >= 15 is 0 Å². The van der Waals surface area contributed by atoms with E-state index < -0.39 is 0 Å². The number of rotatable bonds is 4. The normalized spacial score (nSPS) is 12.8. The van der Waals surface area contributed by atoms with E-state index in [1.54, 1.807) is 0 Å². The summed E-state index contributed by atoms with van der Waals surface area (Å²) in [5.74, 6) is 0. The summed E-state index contributed by atoms with van der Waals surface area (Å²) in [5, 5.41) is 3.46. The molecule has 0 aliphatic rings. The predicted octanol–water partition coefficient (Wildman–Crippen LogP) is 3.17. The largest absolute Gasteiger partial charge is 0.311 e. The zero-order valence-corrected chi connectivity index (χ0v) is 9.90. The van der Waals surface area contributed by atoms with Crippen molar-refractivity contribution >= 4 is 27.5 Å². The summed E-state index contributed by atoms with van der Waals surface area (Å²) in [5.41, 5.74) is 1.26. The van der Waals surface area contributed by atoms with Gasteiger partial charge in [-0.3, -0.25) is 0 Å². The van der Waals surface area contributed by atoms with Gasteiger partial charge < -0.3 is 5.32 Å². The van der Waals surface area contributed by atoms with Crippen LogP contribution in [0.3, 0.4) is 0 Å². The quantitative estimate of drug-likeness (QED) is 0.822. The minimum Gasteiger partial charge on any atom is -0.311 e. The van der Waals surface area contributed by atoms with E-state index in [-0.39, 0.29) is 5.38 Å². The van der Waals surface area contributed by atoms with Crippen molar-refractivity contribution in [1.82, 2.24) is 5.32 Å². The highest BCUT2D eigenvalue weighted by molar-refractivity contribution is 9.10. The van der Waals surface area contributed by atoms with Crippen LogP contribution in [0.1, 0.15) is 12.5 Å². The summed E-state index contributed by atoms with van der Waals surface area (Å²) >= 11 is 9.30. The highest BCUT2D eigenvalue weighted by Crippen LogP contribution is 2.15. The van der Waals surface area contributed by atoms with Gasteiger partial charge in [-0.05, 0) is 18.6 Å². The van der Waals surface area contributed by atoms with Gasteiger partial charge in [-0.1, -0.05) is 34.1 Å². The molecule has 0 heterocycles. The van der Waals surface area contributed by atoms with Crippen LogP contribution in [0, 0.1) is 0 Å². The fourth-order valence-corrected chi connectivity index (χ4v) is 1.58. The van der Waals surface area contributed by atoms with Gasteiger partial charge in [0.2, 0.25) is 0 Å². The fourth-order valence-electron chi connectivity index (χ4n) is 1.05. The first-order valence-corrected chi connectivity index (χ1v) is 5.51. The van der Waals surface area contributed by atoms with Crippen LogP contribution in [-0.2, 0) is 6.54 Å². The molecule has 1 rings (SSSR count). The van der Waals surface area contributed by atoms with Crippen molar-refractivity contribution in [3.8, 4) is 0 Å². The molecule has 1 unspecified atom stereocenters. The summed E-state index contributed by atoms with van der Waals surface area (Å²) < 4.78 is 1.14. The summed E-state index contributed by atoms with van der Waals surface area (Å²) in [4.78, 5) is 0. The van der Waals surface area contributed by atoms with Gasteiger partial charge in [-0.15, -0.1) is 11.6 Å². The predicted molar refractivity (Wildman–Crippen MR) is 61.2 cm³/mol. The van der Waals surface area contributed by atoms with E-state index in [0.29, 0.717) is 0 Å². The van der Waals surface area contributed by atoms with Crippen LogP contribution in [-0.4, -0.2) is 11.9 Å². The number of benzene rings is 1. The van der Waals surface area contributed by atoms with E-state index in [9.17, 15) is 0 Å². The Morgan fingerprint density at radius 1 is 1.46 bits per heavy atom. The number of halogens is 2. The number of alkyl halides is 1. The summed E-state index contributed by atoms with van der Waals surface area (Å²) in [6, 6.07) is 8.18. The van der Waals surface area contributed by atoms with Crippen molar-refractivity contribution in [2.45, 2.75) is 18.8 Å². The van der Waals surface area contributed by atoms with Crippen molar-refractivity contribution in [1.29, 1.82) is 0 Å². The first kappa shape index (κ1) is 11.0. The third kappa shape index (κ3) is 4.12. The molecule has 0 bridgehead atoms. The van der Waals surface area contributed by atoms with Crippen LogP contribution in [0.25, 0.3) is 0 Å². The van der Waals surface area contributed by atoms with Gasteiger partial charge >= 0.3 is 0 Å². The number of nitrogens with one attached hydrogen (secondary N) is 1. The highest BCUT2D eigenvalue weighted by Gasteiger charge is 1.98. The SMILES string of the molecule is CC(Cl)CNCc1ccccc1Br. The van der Waals surface area contributed by atoms with Gasteiger partial charge in [-0.2, -0.15) is 0 Å². The lowest BCUT2D eigenvalue weighted by molar-refractivity contribution is 0.678. The Morgan fingerprint density at radius 3 is 2.77 bits per heavy atom. The van der Waals surface area contributed by atoms with Crippen LogP contribution in [0.2, 0.25) is 0 Å². The maximum Gasteiger partial charge on any atom is 0.0432 e. The molecule has 0 saturated heterocycles. The Hall–Kier alpha value is -0.0500.